The molecule has 108 valence electrons. The first kappa shape index (κ1) is 15.0. The number of nitro benzene ring substituents is 1. The van der Waals surface area contributed by atoms with Crippen LogP contribution in [0, 0.1) is 10.1 Å². The van der Waals surface area contributed by atoms with Crippen LogP contribution in [0.4, 0.5) is 5.69 Å². The largest absolute Gasteiger partial charge is 0.393 e. The van der Waals surface area contributed by atoms with E-state index in [0.717, 1.165) is 12.1 Å². The second kappa shape index (κ2) is 5.95. The summed E-state index contributed by atoms with van der Waals surface area (Å²) < 4.78 is 0. The lowest BCUT2D eigenvalue weighted by Gasteiger charge is -2.29. The van der Waals surface area contributed by atoms with Crippen LogP contribution in [-0.4, -0.2) is 40.0 Å². The van der Waals surface area contributed by atoms with E-state index in [1.807, 2.05) is 0 Å². The van der Waals surface area contributed by atoms with Crippen LogP contribution >= 0.6 is 23.2 Å². The summed E-state index contributed by atoms with van der Waals surface area (Å²) in [6, 6.07) is 2.24. The van der Waals surface area contributed by atoms with Crippen LogP contribution in [0.15, 0.2) is 12.1 Å². The smallest absolute Gasteiger partial charge is 0.271 e. The maximum atomic E-state index is 12.3. The van der Waals surface area contributed by atoms with Crippen LogP contribution in [0.3, 0.4) is 0 Å². The van der Waals surface area contributed by atoms with Gasteiger partial charge < -0.3 is 10.0 Å². The summed E-state index contributed by atoms with van der Waals surface area (Å²) in [5.41, 5.74) is -0.262. The molecule has 1 amide bonds. The molecule has 1 N–H and O–H groups in total. The van der Waals surface area contributed by atoms with Gasteiger partial charge in [-0.25, -0.2) is 0 Å². The van der Waals surface area contributed by atoms with Crippen molar-refractivity contribution in [2.45, 2.75) is 18.9 Å². The SMILES string of the molecule is O=C(c1cc([N+](=O)[O-])cc(Cl)c1Cl)N1CCC(O)CC1. The minimum absolute atomic E-state index is 0.00777. The van der Waals surface area contributed by atoms with Crippen LogP contribution in [0.2, 0.25) is 10.0 Å². The van der Waals surface area contributed by atoms with Crippen LogP contribution in [0.5, 0.6) is 0 Å². The molecule has 1 aliphatic rings. The molecule has 1 saturated heterocycles. The molecule has 6 nitrogen and oxygen atoms in total. The molecule has 0 radical (unpaired) electrons. The van der Waals surface area contributed by atoms with Crippen molar-refractivity contribution in [1.82, 2.24) is 4.90 Å². The number of rotatable bonds is 2. The molecular weight excluding hydrogens is 307 g/mol. The lowest BCUT2D eigenvalue weighted by Crippen LogP contribution is -2.40. The fraction of sp³-hybridized carbons (Fsp3) is 0.417. The molecular formula is C12H12Cl2N2O4. The van der Waals surface area contributed by atoms with Gasteiger partial charge >= 0.3 is 0 Å². The maximum Gasteiger partial charge on any atom is 0.271 e. The highest BCUT2D eigenvalue weighted by Gasteiger charge is 2.26. The third-order valence-corrected chi connectivity index (χ3v) is 4.01. The number of nitrogens with zero attached hydrogens (tertiary/aromatic N) is 2. The first-order chi connectivity index (χ1) is 9.40. The summed E-state index contributed by atoms with van der Waals surface area (Å²) in [6.07, 6.45) is 0.543. The summed E-state index contributed by atoms with van der Waals surface area (Å²) in [4.78, 5) is 24.0. The first-order valence-electron chi connectivity index (χ1n) is 6.01. The molecule has 8 heteroatoms. The molecule has 1 heterocycles. The zero-order valence-corrected chi connectivity index (χ0v) is 11.9. The van der Waals surface area contributed by atoms with Crippen molar-refractivity contribution >= 4 is 34.8 Å². The number of aliphatic hydroxyl groups excluding tert-OH is 1. The van der Waals surface area contributed by atoms with Crippen molar-refractivity contribution in [2.24, 2.45) is 0 Å². The van der Waals surface area contributed by atoms with Gasteiger partial charge in [0.15, 0.2) is 0 Å². The summed E-state index contributed by atoms with van der Waals surface area (Å²) in [5, 5.41) is 20.2. The van der Waals surface area contributed by atoms with Crippen molar-refractivity contribution in [1.29, 1.82) is 0 Å². The van der Waals surface area contributed by atoms with E-state index in [-0.39, 0.29) is 21.3 Å². The standard InChI is InChI=1S/C12H12Cl2N2O4/c13-10-6-7(16(19)20)5-9(11(10)14)12(18)15-3-1-8(17)2-4-15/h5-6,8,17H,1-4H2. The van der Waals surface area contributed by atoms with Gasteiger partial charge in [0.25, 0.3) is 11.6 Å². The minimum Gasteiger partial charge on any atom is -0.393 e. The maximum absolute atomic E-state index is 12.3. The fourth-order valence-corrected chi connectivity index (χ4v) is 2.48. The monoisotopic (exact) mass is 318 g/mol. The van der Waals surface area contributed by atoms with Gasteiger partial charge in [-0.1, -0.05) is 23.2 Å². The number of amides is 1. The molecule has 0 aromatic heterocycles. The highest BCUT2D eigenvalue weighted by atomic mass is 35.5. The first-order valence-corrected chi connectivity index (χ1v) is 6.76. The van der Waals surface area contributed by atoms with E-state index in [4.69, 9.17) is 23.2 Å². The fourth-order valence-electron chi connectivity index (χ4n) is 2.08. The molecule has 0 atom stereocenters. The number of nitro groups is 1. The van der Waals surface area contributed by atoms with Gasteiger partial charge in [0, 0.05) is 25.2 Å². The Hall–Kier alpha value is -1.37. The molecule has 1 fully saturated rings. The van der Waals surface area contributed by atoms with Crippen molar-refractivity contribution in [2.75, 3.05) is 13.1 Å². The Balaban J connectivity index is 2.31. The normalized spacial score (nSPS) is 16.2. The minimum atomic E-state index is -0.626. The molecule has 0 unspecified atom stereocenters. The molecule has 1 aromatic carbocycles. The molecule has 20 heavy (non-hydrogen) atoms. The van der Waals surface area contributed by atoms with E-state index in [2.05, 4.69) is 0 Å². The zero-order valence-electron chi connectivity index (χ0n) is 10.4. The van der Waals surface area contributed by atoms with E-state index >= 15 is 0 Å². The average Bonchev–Trinajstić information content (AvgIpc) is 2.41. The summed E-state index contributed by atoms with van der Waals surface area (Å²) in [5.74, 6) is -0.410. The second-order valence-electron chi connectivity index (χ2n) is 4.57. The Kier molecular flexibility index (Phi) is 4.47. The van der Waals surface area contributed by atoms with Gasteiger partial charge in [-0.05, 0) is 12.8 Å². The summed E-state index contributed by atoms with van der Waals surface area (Å²) >= 11 is 11.8. The molecule has 0 aliphatic carbocycles. The highest BCUT2D eigenvalue weighted by Crippen LogP contribution is 2.32. The Labute approximate surface area is 125 Å². The number of halogens is 2. The van der Waals surface area contributed by atoms with Crippen LogP contribution in [0.25, 0.3) is 0 Å². The number of piperidine rings is 1. The third kappa shape index (κ3) is 3.03. The average molecular weight is 319 g/mol. The second-order valence-corrected chi connectivity index (χ2v) is 5.35. The van der Waals surface area contributed by atoms with Gasteiger partial charge in [0.2, 0.25) is 0 Å². The number of carbonyl (C=O) groups excluding carboxylic acids is 1. The van der Waals surface area contributed by atoms with Gasteiger partial charge in [-0.2, -0.15) is 0 Å². The summed E-state index contributed by atoms with van der Waals surface area (Å²) in [6.45, 7) is 0.771. The lowest BCUT2D eigenvalue weighted by molar-refractivity contribution is -0.384. The lowest BCUT2D eigenvalue weighted by atomic mass is 10.1. The van der Waals surface area contributed by atoms with Crippen LogP contribution < -0.4 is 0 Å². The molecule has 0 saturated carbocycles. The molecule has 1 aliphatic heterocycles. The molecule has 0 spiro atoms. The number of aliphatic hydroxyl groups is 1. The van der Waals surface area contributed by atoms with Gasteiger partial charge in [0.05, 0.1) is 26.6 Å². The van der Waals surface area contributed by atoms with Gasteiger partial charge in [-0.15, -0.1) is 0 Å². The van der Waals surface area contributed by atoms with Gasteiger partial charge in [-0.3, -0.25) is 14.9 Å². The number of likely N-dealkylation sites (tertiary alicyclic amines) is 1. The van der Waals surface area contributed by atoms with E-state index in [9.17, 15) is 20.0 Å². The number of non-ortho nitro benzene ring substituents is 1. The number of hydrogen-bond acceptors (Lipinski definition) is 4. The van der Waals surface area contributed by atoms with E-state index in [1.54, 1.807) is 0 Å². The number of hydrogen-bond donors (Lipinski definition) is 1. The Morgan fingerprint density at radius 1 is 1.35 bits per heavy atom. The van der Waals surface area contributed by atoms with E-state index in [0.29, 0.717) is 25.9 Å². The Morgan fingerprint density at radius 2 is 1.95 bits per heavy atom. The van der Waals surface area contributed by atoms with E-state index in [1.165, 1.54) is 4.90 Å². The van der Waals surface area contributed by atoms with Crippen molar-refractivity contribution in [3.8, 4) is 0 Å². The molecule has 2 rings (SSSR count). The van der Waals surface area contributed by atoms with Crippen LogP contribution in [0.1, 0.15) is 23.2 Å². The zero-order chi connectivity index (χ0) is 14.9. The quantitative estimate of drug-likeness (QED) is 0.670. The van der Waals surface area contributed by atoms with Crippen LogP contribution in [-0.2, 0) is 0 Å². The Bertz CT molecular complexity index is 557. The van der Waals surface area contributed by atoms with Crippen molar-refractivity contribution in [3.63, 3.8) is 0 Å². The van der Waals surface area contributed by atoms with Crippen molar-refractivity contribution in [3.05, 3.63) is 37.9 Å². The summed E-state index contributed by atoms with van der Waals surface area (Å²) in [7, 11) is 0. The predicted octanol–water partition coefficient (Wildman–Crippen LogP) is 2.50. The van der Waals surface area contributed by atoms with Crippen molar-refractivity contribution < 1.29 is 14.8 Å². The molecule has 1 aromatic rings. The topological polar surface area (TPSA) is 83.7 Å². The molecule has 0 bridgehead atoms. The van der Waals surface area contributed by atoms with Gasteiger partial charge in [0.1, 0.15) is 0 Å². The number of carbonyl (C=O) groups is 1. The Morgan fingerprint density at radius 3 is 2.50 bits per heavy atom. The highest BCUT2D eigenvalue weighted by molar-refractivity contribution is 6.44. The number of benzene rings is 1. The predicted molar refractivity (Wildman–Crippen MR) is 74.3 cm³/mol. The third-order valence-electron chi connectivity index (χ3n) is 3.21. The van der Waals surface area contributed by atoms with E-state index < -0.39 is 16.9 Å².